The number of nitrogens with one attached hydrogen (secondary N) is 1. The van der Waals surface area contributed by atoms with Crippen LogP contribution < -0.4 is 5.32 Å². The average Bonchev–Trinajstić information content (AvgIpc) is 2.46. The summed E-state index contributed by atoms with van der Waals surface area (Å²) in [6.45, 7) is -0.212. The minimum Gasteiger partial charge on any atom is -0.384 e. The van der Waals surface area contributed by atoms with Gasteiger partial charge in [-0.3, -0.25) is 4.79 Å². The fraction of sp³-hybridized carbons (Fsp3) is 0.0714. The van der Waals surface area contributed by atoms with Crippen LogP contribution in [0.3, 0.4) is 0 Å². The van der Waals surface area contributed by atoms with Crippen LogP contribution in [0.15, 0.2) is 42.6 Å². The van der Waals surface area contributed by atoms with Crippen LogP contribution in [0.5, 0.6) is 0 Å². The first-order valence-electron chi connectivity index (χ1n) is 5.58. The number of hydrogen-bond donors (Lipinski definition) is 2. The average molecular weight is 253 g/mol. The topological polar surface area (TPSA) is 75.1 Å². The third kappa shape index (κ3) is 3.63. The molecule has 2 rings (SSSR count). The molecule has 1 amide bonds. The van der Waals surface area contributed by atoms with Crippen LogP contribution >= 0.6 is 0 Å². The molecule has 0 atom stereocenters. The molecule has 0 spiro atoms. The summed E-state index contributed by atoms with van der Waals surface area (Å²) < 4.78 is 0. The van der Waals surface area contributed by atoms with Gasteiger partial charge >= 0.3 is 0 Å². The van der Waals surface area contributed by atoms with E-state index in [9.17, 15) is 4.79 Å². The summed E-state index contributed by atoms with van der Waals surface area (Å²) in [6.07, 6.45) is 1.53. The molecule has 2 N–H and O–H groups in total. The zero-order chi connectivity index (χ0) is 13.5. The highest BCUT2D eigenvalue weighted by molar-refractivity contribution is 6.03. The fourth-order valence-electron chi connectivity index (χ4n) is 1.44. The molecular weight excluding hydrogens is 242 g/mol. The smallest absolute Gasteiger partial charge is 0.256 e. The van der Waals surface area contributed by atoms with Crippen molar-refractivity contribution in [2.45, 2.75) is 0 Å². The Balaban J connectivity index is 2.15. The van der Waals surface area contributed by atoms with E-state index in [-0.39, 0.29) is 12.5 Å². The van der Waals surface area contributed by atoms with E-state index in [1.165, 1.54) is 6.20 Å². The van der Waals surface area contributed by atoms with Crippen LogP contribution in [-0.4, -0.2) is 27.8 Å². The van der Waals surface area contributed by atoms with Crippen molar-refractivity contribution >= 4 is 11.7 Å². The lowest BCUT2D eigenvalue weighted by Gasteiger charge is -2.03. The molecule has 0 aliphatic rings. The predicted molar refractivity (Wildman–Crippen MR) is 70.4 cm³/mol. The maximum Gasteiger partial charge on any atom is 0.256 e. The highest BCUT2D eigenvalue weighted by Gasteiger charge is 2.06. The Hall–Kier alpha value is -2.71. The SMILES string of the molecule is O=C(Nc1cccnn1)c1cccc(C#CCO)c1. The molecule has 5 nitrogen and oxygen atoms in total. The number of hydrogen-bond acceptors (Lipinski definition) is 4. The Kier molecular flexibility index (Phi) is 4.21. The van der Waals surface area contributed by atoms with Gasteiger partial charge in [-0.15, -0.1) is 5.10 Å². The van der Waals surface area contributed by atoms with Gasteiger partial charge in [0.05, 0.1) is 0 Å². The number of benzene rings is 1. The molecule has 0 saturated heterocycles. The summed E-state index contributed by atoms with van der Waals surface area (Å²) in [7, 11) is 0. The van der Waals surface area contributed by atoms with E-state index in [2.05, 4.69) is 27.4 Å². The van der Waals surface area contributed by atoms with Crippen molar-refractivity contribution in [2.24, 2.45) is 0 Å². The first-order valence-corrected chi connectivity index (χ1v) is 5.58. The standard InChI is InChI=1S/C14H11N3O2/c18-9-3-5-11-4-1-6-12(10-11)14(19)16-13-7-2-8-15-17-13/h1-2,4,6-8,10,18H,9H2,(H,16,17,19). The number of amides is 1. The van der Waals surface area contributed by atoms with Gasteiger partial charge in [-0.2, -0.15) is 5.10 Å². The van der Waals surface area contributed by atoms with E-state index in [4.69, 9.17) is 5.11 Å². The van der Waals surface area contributed by atoms with Gasteiger partial charge in [0.1, 0.15) is 6.61 Å². The predicted octanol–water partition coefficient (Wildman–Crippen LogP) is 1.07. The Morgan fingerprint density at radius 1 is 1.32 bits per heavy atom. The second-order valence-corrected chi connectivity index (χ2v) is 3.60. The number of aromatic nitrogens is 2. The molecule has 19 heavy (non-hydrogen) atoms. The Morgan fingerprint density at radius 3 is 2.95 bits per heavy atom. The van der Waals surface area contributed by atoms with Crippen molar-refractivity contribution in [3.63, 3.8) is 0 Å². The minimum atomic E-state index is -0.284. The lowest BCUT2D eigenvalue weighted by Crippen LogP contribution is -2.13. The van der Waals surface area contributed by atoms with Gasteiger partial charge in [0.25, 0.3) is 5.91 Å². The van der Waals surface area contributed by atoms with E-state index in [1.807, 2.05) is 0 Å². The molecule has 1 aromatic carbocycles. The van der Waals surface area contributed by atoms with Gasteiger partial charge in [-0.05, 0) is 30.3 Å². The van der Waals surface area contributed by atoms with Gasteiger partial charge in [0.15, 0.2) is 5.82 Å². The summed E-state index contributed by atoms with van der Waals surface area (Å²) in [4.78, 5) is 12.0. The zero-order valence-electron chi connectivity index (χ0n) is 10.00. The molecule has 0 saturated carbocycles. The van der Waals surface area contributed by atoms with E-state index in [0.717, 1.165) is 0 Å². The zero-order valence-corrected chi connectivity index (χ0v) is 10.00. The lowest BCUT2D eigenvalue weighted by molar-refractivity contribution is 0.102. The molecule has 0 radical (unpaired) electrons. The number of aliphatic hydroxyl groups is 1. The molecule has 0 fully saturated rings. The molecular formula is C14H11N3O2. The maximum absolute atomic E-state index is 12.0. The van der Waals surface area contributed by atoms with Crippen LogP contribution in [0.1, 0.15) is 15.9 Å². The van der Waals surface area contributed by atoms with Crippen molar-refractivity contribution in [1.29, 1.82) is 0 Å². The maximum atomic E-state index is 12.0. The van der Waals surface area contributed by atoms with Crippen LogP contribution in [0.4, 0.5) is 5.82 Å². The van der Waals surface area contributed by atoms with Crippen LogP contribution in [0.25, 0.3) is 0 Å². The van der Waals surface area contributed by atoms with Gasteiger partial charge in [0.2, 0.25) is 0 Å². The normalized spacial score (nSPS) is 9.32. The number of aliphatic hydroxyl groups excluding tert-OH is 1. The van der Waals surface area contributed by atoms with Crippen molar-refractivity contribution in [2.75, 3.05) is 11.9 Å². The first-order chi connectivity index (χ1) is 9.29. The number of anilines is 1. The summed E-state index contributed by atoms with van der Waals surface area (Å²) in [5, 5.41) is 18.7. The second kappa shape index (κ2) is 6.28. The number of carbonyl (C=O) groups excluding carboxylic acids is 1. The molecule has 2 aromatic rings. The van der Waals surface area contributed by atoms with E-state index < -0.39 is 0 Å². The first kappa shape index (κ1) is 12.7. The highest BCUT2D eigenvalue weighted by atomic mass is 16.2. The Labute approximate surface area is 110 Å². The molecule has 5 heteroatoms. The molecule has 0 bridgehead atoms. The third-order valence-electron chi connectivity index (χ3n) is 2.25. The van der Waals surface area contributed by atoms with Gasteiger partial charge in [0, 0.05) is 17.3 Å². The van der Waals surface area contributed by atoms with E-state index >= 15 is 0 Å². The van der Waals surface area contributed by atoms with Crippen LogP contribution in [-0.2, 0) is 0 Å². The summed E-state index contributed by atoms with van der Waals surface area (Å²) in [5.41, 5.74) is 1.14. The summed E-state index contributed by atoms with van der Waals surface area (Å²) in [6, 6.07) is 10.2. The highest BCUT2D eigenvalue weighted by Crippen LogP contribution is 2.07. The summed E-state index contributed by atoms with van der Waals surface area (Å²) >= 11 is 0. The largest absolute Gasteiger partial charge is 0.384 e. The molecule has 0 aliphatic heterocycles. The number of carbonyl (C=O) groups is 1. The molecule has 0 aliphatic carbocycles. The lowest BCUT2D eigenvalue weighted by atomic mass is 10.1. The van der Waals surface area contributed by atoms with Crippen molar-refractivity contribution in [3.8, 4) is 11.8 Å². The molecule has 1 aromatic heterocycles. The van der Waals surface area contributed by atoms with Crippen molar-refractivity contribution in [3.05, 3.63) is 53.7 Å². The quantitative estimate of drug-likeness (QED) is 0.785. The Bertz CT molecular complexity index is 630. The van der Waals surface area contributed by atoms with Gasteiger partial charge < -0.3 is 10.4 Å². The Morgan fingerprint density at radius 2 is 2.21 bits per heavy atom. The van der Waals surface area contributed by atoms with Gasteiger partial charge in [-0.1, -0.05) is 17.9 Å². The minimum absolute atomic E-state index is 0.212. The van der Waals surface area contributed by atoms with Crippen LogP contribution in [0.2, 0.25) is 0 Å². The summed E-state index contributed by atoms with van der Waals surface area (Å²) in [5.74, 6) is 5.38. The van der Waals surface area contributed by atoms with E-state index in [0.29, 0.717) is 16.9 Å². The van der Waals surface area contributed by atoms with Crippen LogP contribution in [0, 0.1) is 11.8 Å². The van der Waals surface area contributed by atoms with E-state index in [1.54, 1.807) is 36.4 Å². The monoisotopic (exact) mass is 253 g/mol. The fourth-order valence-corrected chi connectivity index (χ4v) is 1.44. The van der Waals surface area contributed by atoms with Gasteiger partial charge in [-0.25, -0.2) is 0 Å². The second-order valence-electron chi connectivity index (χ2n) is 3.60. The molecule has 94 valence electrons. The number of nitrogens with zero attached hydrogens (tertiary/aromatic N) is 2. The van der Waals surface area contributed by atoms with Crippen molar-refractivity contribution < 1.29 is 9.90 Å². The van der Waals surface area contributed by atoms with Crippen molar-refractivity contribution in [1.82, 2.24) is 10.2 Å². The third-order valence-corrected chi connectivity index (χ3v) is 2.25. The number of rotatable bonds is 2. The molecule has 0 unspecified atom stereocenters. The molecule has 1 heterocycles.